The van der Waals surface area contributed by atoms with Gasteiger partial charge in [-0.2, -0.15) is 0 Å². The molecular formula is C14H12O6. The summed E-state index contributed by atoms with van der Waals surface area (Å²) in [6.07, 6.45) is 1.67. The number of hydrogen-bond donors (Lipinski definition) is 0. The number of carbonyl (C=O) groups excluding carboxylic acids is 4. The van der Waals surface area contributed by atoms with Crippen molar-refractivity contribution in [3.8, 4) is 0 Å². The lowest BCUT2D eigenvalue weighted by molar-refractivity contribution is -0.190. The topological polar surface area (TPSA) is 86.7 Å². The molecular weight excluding hydrogens is 264 g/mol. The van der Waals surface area contributed by atoms with Crippen molar-refractivity contribution in [3.63, 3.8) is 0 Å². The first kappa shape index (κ1) is 11.0. The van der Waals surface area contributed by atoms with Crippen LogP contribution in [0.5, 0.6) is 0 Å². The molecule has 6 rings (SSSR count). The lowest BCUT2D eigenvalue weighted by atomic mass is 9.38. The molecule has 6 nitrogen and oxygen atoms in total. The van der Waals surface area contributed by atoms with Gasteiger partial charge >= 0.3 is 23.9 Å². The average molecular weight is 276 g/mol. The normalized spacial score (nSPS) is 54.8. The molecule has 6 aliphatic rings. The fraction of sp³-hybridized carbons (Fsp3) is 0.714. The highest BCUT2D eigenvalue weighted by Crippen LogP contribution is 2.69. The Kier molecular flexibility index (Phi) is 1.72. The van der Waals surface area contributed by atoms with Crippen molar-refractivity contribution in [2.24, 2.45) is 47.3 Å². The minimum atomic E-state index is -0.442. The van der Waals surface area contributed by atoms with Crippen LogP contribution in [0.25, 0.3) is 0 Å². The monoisotopic (exact) mass is 276 g/mol. The summed E-state index contributed by atoms with van der Waals surface area (Å²) >= 11 is 0. The van der Waals surface area contributed by atoms with Crippen LogP contribution in [0.1, 0.15) is 12.8 Å². The largest absolute Gasteiger partial charge is 0.393 e. The summed E-state index contributed by atoms with van der Waals surface area (Å²) in [7, 11) is 0. The van der Waals surface area contributed by atoms with Crippen molar-refractivity contribution in [1.29, 1.82) is 0 Å². The van der Waals surface area contributed by atoms with E-state index >= 15 is 0 Å². The summed E-state index contributed by atoms with van der Waals surface area (Å²) < 4.78 is 9.57. The Morgan fingerprint density at radius 3 is 1.35 bits per heavy atom. The molecule has 0 aromatic rings. The van der Waals surface area contributed by atoms with Gasteiger partial charge in [-0.3, -0.25) is 19.2 Å². The number of ether oxygens (including phenoxy) is 2. The van der Waals surface area contributed by atoms with Gasteiger partial charge in [0.1, 0.15) is 0 Å². The van der Waals surface area contributed by atoms with Crippen LogP contribution in [0.2, 0.25) is 0 Å². The number of cyclic esters (lactones) is 4. The highest BCUT2D eigenvalue weighted by molar-refractivity contribution is 6.00. The average Bonchev–Trinajstić information content (AvgIpc) is 2.78. The molecule has 8 unspecified atom stereocenters. The molecule has 0 N–H and O–H groups in total. The second-order valence-electron chi connectivity index (χ2n) is 6.64. The Balaban J connectivity index is 1.61. The third-order valence-corrected chi connectivity index (χ3v) is 6.28. The first-order valence-electron chi connectivity index (χ1n) is 7.10. The Morgan fingerprint density at radius 2 is 0.950 bits per heavy atom. The molecule has 6 fully saturated rings. The molecule has 104 valence electrons. The molecule has 2 bridgehead atoms. The Morgan fingerprint density at radius 1 is 0.600 bits per heavy atom. The summed E-state index contributed by atoms with van der Waals surface area (Å²) in [6, 6.07) is 0. The Hall–Kier alpha value is -1.72. The van der Waals surface area contributed by atoms with E-state index in [0.29, 0.717) is 0 Å². The highest BCUT2D eigenvalue weighted by Gasteiger charge is 2.75. The number of hydrogen-bond acceptors (Lipinski definition) is 6. The van der Waals surface area contributed by atoms with Gasteiger partial charge < -0.3 is 9.47 Å². The van der Waals surface area contributed by atoms with E-state index in [1.54, 1.807) is 0 Å². The lowest BCUT2D eigenvalue weighted by Crippen LogP contribution is -2.65. The summed E-state index contributed by atoms with van der Waals surface area (Å²) in [4.78, 5) is 47.4. The van der Waals surface area contributed by atoms with Crippen LogP contribution in [0.3, 0.4) is 0 Å². The van der Waals surface area contributed by atoms with Gasteiger partial charge in [-0.25, -0.2) is 0 Å². The predicted octanol–water partition coefficient (Wildman–Crippen LogP) is -0.0962. The van der Waals surface area contributed by atoms with Gasteiger partial charge in [-0.1, -0.05) is 0 Å². The molecule has 4 aliphatic carbocycles. The lowest BCUT2D eigenvalue weighted by Gasteiger charge is -2.61. The fourth-order valence-electron chi connectivity index (χ4n) is 5.78. The number of esters is 4. The summed E-state index contributed by atoms with van der Waals surface area (Å²) in [5.74, 6) is -3.28. The van der Waals surface area contributed by atoms with Crippen molar-refractivity contribution >= 4 is 23.9 Å². The van der Waals surface area contributed by atoms with Crippen molar-refractivity contribution in [3.05, 3.63) is 0 Å². The smallest absolute Gasteiger partial charge is 0.317 e. The van der Waals surface area contributed by atoms with Crippen LogP contribution in [0.15, 0.2) is 0 Å². The maximum atomic E-state index is 11.9. The molecule has 6 heteroatoms. The number of fused-ring (bicyclic) bond motifs is 2. The Bertz CT molecular complexity index is 540. The van der Waals surface area contributed by atoms with Gasteiger partial charge in [-0.05, 0) is 36.5 Å². The van der Waals surface area contributed by atoms with Gasteiger partial charge in [0.2, 0.25) is 0 Å². The molecule has 4 saturated carbocycles. The van der Waals surface area contributed by atoms with Crippen LogP contribution < -0.4 is 0 Å². The molecule has 0 spiro atoms. The van der Waals surface area contributed by atoms with Crippen LogP contribution >= 0.6 is 0 Å². The summed E-state index contributed by atoms with van der Waals surface area (Å²) in [5.41, 5.74) is 0. The molecule has 0 aromatic carbocycles. The van der Waals surface area contributed by atoms with E-state index in [9.17, 15) is 19.2 Å². The highest BCUT2D eigenvalue weighted by atomic mass is 16.6. The van der Waals surface area contributed by atoms with E-state index in [2.05, 4.69) is 0 Å². The zero-order valence-corrected chi connectivity index (χ0v) is 10.5. The molecule has 2 saturated heterocycles. The molecule has 2 aliphatic heterocycles. The number of rotatable bonds is 0. The second kappa shape index (κ2) is 3.13. The minimum Gasteiger partial charge on any atom is -0.393 e. The van der Waals surface area contributed by atoms with E-state index in [4.69, 9.17) is 9.47 Å². The van der Waals surface area contributed by atoms with Crippen LogP contribution in [0, 0.1) is 47.3 Å². The first-order chi connectivity index (χ1) is 9.59. The predicted molar refractivity (Wildman–Crippen MR) is 59.4 cm³/mol. The van der Waals surface area contributed by atoms with Gasteiger partial charge in [0.05, 0.1) is 23.7 Å². The van der Waals surface area contributed by atoms with Crippen LogP contribution in [-0.4, -0.2) is 23.9 Å². The van der Waals surface area contributed by atoms with Crippen molar-refractivity contribution in [2.75, 3.05) is 0 Å². The van der Waals surface area contributed by atoms with Crippen LogP contribution in [0.4, 0.5) is 0 Å². The van der Waals surface area contributed by atoms with Crippen molar-refractivity contribution in [1.82, 2.24) is 0 Å². The third kappa shape index (κ3) is 0.949. The van der Waals surface area contributed by atoms with Crippen molar-refractivity contribution < 1.29 is 28.7 Å². The van der Waals surface area contributed by atoms with E-state index in [0.717, 1.165) is 12.8 Å². The Labute approximate surface area is 113 Å². The fourth-order valence-corrected chi connectivity index (χ4v) is 5.78. The second-order valence-corrected chi connectivity index (χ2v) is 6.64. The molecule has 0 aromatic heterocycles. The molecule has 0 amide bonds. The minimum absolute atomic E-state index is 0.00588. The van der Waals surface area contributed by atoms with Gasteiger partial charge in [0.25, 0.3) is 0 Å². The summed E-state index contributed by atoms with van der Waals surface area (Å²) in [6.45, 7) is 0. The van der Waals surface area contributed by atoms with Gasteiger partial charge in [0.15, 0.2) is 0 Å². The van der Waals surface area contributed by atoms with E-state index < -0.39 is 35.7 Å². The maximum absolute atomic E-state index is 11.9. The molecule has 20 heavy (non-hydrogen) atoms. The molecule has 0 radical (unpaired) electrons. The van der Waals surface area contributed by atoms with Crippen molar-refractivity contribution in [2.45, 2.75) is 12.8 Å². The van der Waals surface area contributed by atoms with E-state index in [1.807, 2.05) is 0 Å². The SMILES string of the molecule is O=C1OC(=O)C2C3CCC(C12)C1C2C(=O)OC(=O)C2C31. The zero-order valence-electron chi connectivity index (χ0n) is 10.5. The zero-order chi connectivity index (χ0) is 13.8. The van der Waals surface area contributed by atoms with Gasteiger partial charge in [-0.15, -0.1) is 0 Å². The standard InChI is InChI=1S/C14H12O6/c15-11-7-3-1-2-4(8(7)12(16)19-11)6-5(3)9-10(6)14(18)20-13(9)17/h3-10H,1-2H2. The molecule has 2 heterocycles. The van der Waals surface area contributed by atoms with E-state index in [-0.39, 0.29) is 35.5 Å². The summed E-state index contributed by atoms with van der Waals surface area (Å²) in [5, 5.41) is 0. The quantitative estimate of drug-likeness (QED) is 0.454. The number of carbonyl (C=O) groups is 4. The first-order valence-corrected chi connectivity index (χ1v) is 7.10. The molecule has 8 atom stereocenters. The van der Waals surface area contributed by atoms with Gasteiger partial charge in [0, 0.05) is 0 Å². The maximum Gasteiger partial charge on any atom is 0.317 e. The van der Waals surface area contributed by atoms with E-state index in [1.165, 1.54) is 0 Å². The third-order valence-electron chi connectivity index (χ3n) is 6.28. The van der Waals surface area contributed by atoms with Crippen LogP contribution in [-0.2, 0) is 28.7 Å².